The van der Waals surface area contributed by atoms with Crippen molar-refractivity contribution < 1.29 is 9.50 Å². The molecule has 2 bridgehead atoms. The van der Waals surface area contributed by atoms with Crippen LogP contribution in [0.25, 0.3) is 0 Å². The van der Waals surface area contributed by atoms with Gasteiger partial charge in [0.1, 0.15) is 6.67 Å². The van der Waals surface area contributed by atoms with Gasteiger partial charge < -0.3 is 5.11 Å². The van der Waals surface area contributed by atoms with Gasteiger partial charge in [-0.25, -0.2) is 9.40 Å². The first-order valence-electron chi connectivity index (χ1n) is 4.56. The van der Waals surface area contributed by atoms with Crippen LogP contribution in [0, 0.1) is 0 Å². The number of nitrogens with zero attached hydrogens (tertiary/aromatic N) is 1. The van der Waals surface area contributed by atoms with Crippen molar-refractivity contribution in [2.75, 3.05) is 13.2 Å². The summed E-state index contributed by atoms with van der Waals surface area (Å²) in [5.74, 6) is 0. The Morgan fingerprint density at radius 2 is 2.42 bits per heavy atom. The highest BCUT2D eigenvalue weighted by Crippen LogP contribution is 2.29. The lowest BCUT2D eigenvalue weighted by atomic mass is 10.2. The van der Waals surface area contributed by atoms with Gasteiger partial charge in [-0.2, -0.15) is 0 Å². The van der Waals surface area contributed by atoms with Crippen LogP contribution < -0.4 is 5.43 Å². The second kappa shape index (κ2) is 3.28. The fourth-order valence-corrected chi connectivity index (χ4v) is 2.18. The van der Waals surface area contributed by atoms with Crippen LogP contribution in [0.1, 0.15) is 19.3 Å². The molecular formula is C8H15FN2O. The SMILES string of the molecule is OC(CF)CN1NC2CCC1C2. The van der Waals surface area contributed by atoms with Gasteiger partial charge in [0, 0.05) is 18.6 Å². The molecule has 3 nitrogen and oxygen atoms in total. The zero-order valence-corrected chi connectivity index (χ0v) is 7.04. The summed E-state index contributed by atoms with van der Waals surface area (Å²) < 4.78 is 12.0. The molecule has 2 fully saturated rings. The molecule has 1 heterocycles. The maximum atomic E-state index is 12.0. The van der Waals surface area contributed by atoms with E-state index in [1.807, 2.05) is 5.01 Å². The van der Waals surface area contributed by atoms with Crippen LogP contribution in [-0.2, 0) is 0 Å². The Kier molecular flexibility index (Phi) is 2.30. The highest BCUT2D eigenvalue weighted by atomic mass is 19.1. The molecular weight excluding hydrogens is 159 g/mol. The third kappa shape index (κ3) is 1.46. The third-order valence-electron chi connectivity index (χ3n) is 2.78. The number of fused-ring (bicyclic) bond motifs is 2. The minimum absolute atomic E-state index is 0.428. The van der Waals surface area contributed by atoms with Crippen molar-refractivity contribution in [3.05, 3.63) is 0 Å². The minimum atomic E-state index is -0.822. The van der Waals surface area contributed by atoms with E-state index in [1.54, 1.807) is 0 Å². The number of nitrogens with one attached hydrogen (secondary N) is 1. The summed E-state index contributed by atoms with van der Waals surface area (Å²) in [6.45, 7) is -0.215. The van der Waals surface area contributed by atoms with E-state index in [1.165, 1.54) is 19.3 Å². The molecule has 4 heteroatoms. The molecule has 0 aromatic rings. The van der Waals surface area contributed by atoms with Crippen LogP contribution in [-0.4, -0.2) is 41.5 Å². The number of aliphatic hydroxyl groups is 1. The first-order valence-corrected chi connectivity index (χ1v) is 4.56. The normalized spacial score (nSPS) is 37.5. The van der Waals surface area contributed by atoms with Gasteiger partial charge in [-0.15, -0.1) is 0 Å². The summed E-state index contributed by atoms with van der Waals surface area (Å²) >= 11 is 0. The Bertz CT molecular complexity index is 167. The quantitative estimate of drug-likeness (QED) is 0.635. The van der Waals surface area contributed by atoms with Gasteiger partial charge in [-0.05, 0) is 19.3 Å². The molecule has 0 aromatic heterocycles. The van der Waals surface area contributed by atoms with Gasteiger partial charge in [-0.1, -0.05) is 0 Å². The summed E-state index contributed by atoms with van der Waals surface area (Å²) in [6, 6.07) is 1.12. The van der Waals surface area contributed by atoms with E-state index in [2.05, 4.69) is 5.43 Å². The molecule has 3 unspecified atom stereocenters. The molecule has 70 valence electrons. The van der Waals surface area contributed by atoms with Crippen molar-refractivity contribution >= 4 is 0 Å². The smallest absolute Gasteiger partial charge is 0.117 e. The molecule has 3 atom stereocenters. The lowest BCUT2D eigenvalue weighted by Crippen LogP contribution is -2.47. The number of halogens is 1. The average molecular weight is 174 g/mol. The summed E-state index contributed by atoms with van der Waals surface area (Å²) in [6.07, 6.45) is 2.76. The predicted molar refractivity (Wildman–Crippen MR) is 43.3 cm³/mol. The minimum Gasteiger partial charge on any atom is -0.389 e. The maximum absolute atomic E-state index is 12.0. The largest absolute Gasteiger partial charge is 0.389 e. The van der Waals surface area contributed by atoms with Gasteiger partial charge in [0.25, 0.3) is 0 Å². The van der Waals surface area contributed by atoms with E-state index in [0.29, 0.717) is 18.6 Å². The van der Waals surface area contributed by atoms with Crippen LogP contribution in [0.5, 0.6) is 0 Å². The van der Waals surface area contributed by atoms with Crippen molar-refractivity contribution in [3.8, 4) is 0 Å². The van der Waals surface area contributed by atoms with Gasteiger partial charge in [0.2, 0.25) is 0 Å². The Balaban J connectivity index is 1.82. The van der Waals surface area contributed by atoms with E-state index in [-0.39, 0.29) is 0 Å². The van der Waals surface area contributed by atoms with Crippen molar-refractivity contribution in [1.29, 1.82) is 0 Å². The summed E-state index contributed by atoms with van der Waals surface area (Å²) in [4.78, 5) is 0. The molecule has 0 spiro atoms. The van der Waals surface area contributed by atoms with Gasteiger partial charge in [0.05, 0.1) is 6.10 Å². The van der Waals surface area contributed by atoms with Gasteiger partial charge >= 0.3 is 0 Å². The zero-order valence-electron chi connectivity index (χ0n) is 7.04. The number of aliphatic hydroxyl groups excluding tert-OH is 1. The topological polar surface area (TPSA) is 35.5 Å². The van der Waals surface area contributed by atoms with E-state index < -0.39 is 12.8 Å². The molecule has 2 rings (SSSR count). The third-order valence-corrected chi connectivity index (χ3v) is 2.78. The van der Waals surface area contributed by atoms with Crippen LogP contribution in [0.4, 0.5) is 4.39 Å². The summed E-state index contributed by atoms with van der Waals surface area (Å²) in [5.41, 5.74) is 3.26. The second-order valence-electron chi connectivity index (χ2n) is 3.75. The number of hydrazine groups is 1. The fourth-order valence-electron chi connectivity index (χ4n) is 2.18. The van der Waals surface area contributed by atoms with Crippen LogP contribution in [0.3, 0.4) is 0 Å². The van der Waals surface area contributed by atoms with Crippen LogP contribution in [0.2, 0.25) is 0 Å². The fraction of sp³-hybridized carbons (Fsp3) is 1.00. The van der Waals surface area contributed by atoms with Crippen molar-refractivity contribution in [2.45, 2.75) is 37.5 Å². The van der Waals surface area contributed by atoms with Gasteiger partial charge in [-0.3, -0.25) is 5.43 Å². The predicted octanol–water partition coefficient (Wildman–Crippen LogP) is 0.0581. The molecule has 1 saturated heterocycles. The number of hydrogen-bond donors (Lipinski definition) is 2. The Hall–Kier alpha value is -0.190. The highest BCUT2D eigenvalue weighted by Gasteiger charge is 2.37. The standard InChI is InChI=1S/C8H15FN2O/c9-4-8(12)5-11-7-2-1-6(3-7)10-11/h6-8,10,12H,1-5H2. The number of rotatable bonds is 3. The summed E-state index contributed by atoms with van der Waals surface area (Å²) in [7, 11) is 0. The average Bonchev–Trinajstić information content (AvgIpc) is 2.64. The van der Waals surface area contributed by atoms with Crippen molar-refractivity contribution in [1.82, 2.24) is 10.4 Å². The van der Waals surface area contributed by atoms with Crippen molar-refractivity contribution in [3.63, 3.8) is 0 Å². The molecule has 0 amide bonds. The molecule has 0 aromatic carbocycles. The highest BCUT2D eigenvalue weighted by molar-refractivity contribution is 4.92. The van der Waals surface area contributed by atoms with Crippen LogP contribution >= 0.6 is 0 Å². The molecule has 0 radical (unpaired) electrons. The lowest BCUT2D eigenvalue weighted by molar-refractivity contribution is 0.0479. The zero-order chi connectivity index (χ0) is 8.55. The molecule has 1 aliphatic carbocycles. The number of alkyl halides is 1. The second-order valence-corrected chi connectivity index (χ2v) is 3.75. The maximum Gasteiger partial charge on any atom is 0.117 e. The summed E-state index contributed by atoms with van der Waals surface area (Å²) in [5, 5.41) is 11.1. The molecule has 2 aliphatic rings. The molecule has 1 aliphatic heterocycles. The van der Waals surface area contributed by atoms with E-state index >= 15 is 0 Å². The van der Waals surface area contributed by atoms with E-state index in [4.69, 9.17) is 5.11 Å². The van der Waals surface area contributed by atoms with Gasteiger partial charge in [0.15, 0.2) is 0 Å². The van der Waals surface area contributed by atoms with E-state index in [9.17, 15) is 4.39 Å². The van der Waals surface area contributed by atoms with Crippen molar-refractivity contribution in [2.24, 2.45) is 0 Å². The molecule has 2 N–H and O–H groups in total. The molecule has 1 saturated carbocycles. The molecule has 12 heavy (non-hydrogen) atoms. The first-order chi connectivity index (χ1) is 5.79. The number of hydrogen-bond acceptors (Lipinski definition) is 3. The van der Waals surface area contributed by atoms with E-state index in [0.717, 1.165) is 0 Å². The number of β-amino-alcohol motifs (C(OH)–C–C–N with tert-alkyl or cyclic N) is 1. The monoisotopic (exact) mass is 174 g/mol. The van der Waals surface area contributed by atoms with Crippen LogP contribution in [0.15, 0.2) is 0 Å². The first kappa shape index (κ1) is 8.41. The lowest BCUT2D eigenvalue weighted by Gasteiger charge is -2.28. The Labute approximate surface area is 71.5 Å². The Morgan fingerprint density at radius 3 is 2.92 bits per heavy atom. The Morgan fingerprint density at radius 1 is 1.58 bits per heavy atom.